The molecule has 0 aliphatic heterocycles. The highest BCUT2D eigenvalue weighted by molar-refractivity contribution is 7.90. The molecule has 0 bridgehead atoms. The van der Waals surface area contributed by atoms with E-state index in [4.69, 9.17) is 21.4 Å². The van der Waals surface area contributed by atoms with Crippen LogP contribution in [-0.4, -0.2) is 36.7 Å². The number of halogens is 4. The fraction of sp³-hybridized carbons (Fsp3) is 0.217. The molecule has 0 spiro atoms. The number of ether oxygens (including phenoxy) is 2. The van der Waals surface area contributed by atoms with Gasteiger partial charge in [0.05, 0.1) is 16.2 Å². The summed E-state index contributed by atoms with van der Waals surface area (Å²) in [6, 6.07) is 11.5. The molecule has 0 amide bonds. The zero-order chi connectivity index (χ0) is 26.7. The second kappa shape index (κ2) is 10.6. The van der Waals surface area contributed by atoms with E-state index in [1.807, 2.05) is 0 Å². The minimum absolute atomic E-state index is 0.0375. The van der Waals surface area contributed by atoms with Crippen molar-refractivity contribution < 1.29 is 41.0 Å². The van der Waals surface area contributed by atoms with Gasteiger partial charge in [0.2, 0.25) is 0 Å². The summed E-state index contributed by atoms with van der Waals surface area (Å²) in [5.41, 5.74) is -0.0179. The summed E-state index contributed by atoms with van der Waals surface area (Å²) < 4.78 is 72.9. The van der Waals surface area contributed by atoms with E-state index in [2.05, 4.69) is 4.74 Å². The lowest BCUT2D eigenvalue weighted by Crippen LogP contribution is -2.28. The SMILES string of the molecule is CS(=O)(=O)c1cc(Cl)c(=O)n(CCc2ccc(C(=O)O)cc2)c1COc1cccc(OC(F)(F)F)c1. The Morgan fingerprint density at radius 2 is 1.72 bits per heavy atom. The third-order valence-electron chi connectivity index (χ3n) is 4.96. The van der Waals surface area contributed by atoms with Crippen LogP contribution >= 0.6 is 11.6 Å². The Morgan fingerprint density at radius 1 is 1.08 bits per heavy atom. The number of hydrogen-bond donors (Lipinski definition) is 1. The molecule has 0 fully saturated rings. The Morgan fingerprint density at radius 3 is 2.31 bits per heavy atom. The number of carboxylic acid groups (broad SMARTS) is 1. The molecule has 3 aromatic rings. The first-order chi connectivity index (χ1) is 16.7. The van der Waals surface area contributed by atoms with Crippen molar-refractivity contribution >= 4 is 27.4 Å². The van der Waals surface area contributed by atoms with Crippen LogP contribution < -0.4 is 15.0 Å². The van der Waals surface area contributed by atoms with Crippen LogP contribution in [0.5, 0.6) is 11.5 Å². The van der Waals surface area contributed by atoms with Crippen LogP contribution in [0.4, 0.5) is 13.2 Å². The molecule has 13 heteroatoms. The Bertz CT molecular complexity index is 1440. The number of carboxylic acids is 1. The Kier molecular flexibility index (Phi) is 7.99. The van der Waals surface area contributed by atoms with E-state index in [0.717, 1.165) is 29.0 Å². The lowest BCUT2D eigenvalue weighted by molar-refractivity contribution is -0.274. The van der Waals surface area contributed by atoms with Crippen LogP contribution in [0.25, 0.3) is 0 Å². The van der Waals surface area contributed by atoms with Crippen LogP contribution in [0.2, 0.25) is 5.02 Å². The molecule has 0 aliphatic rings. The van der Waals surface area contributed by atoms with Crippen molar-refractivity contribution in [1.29, 1.82) is 0 Å². The van der Waals surface area contributed by atoms with Crippen molar-refractivity contribution in [2.75, 3.05) is 6.26 Å². The number of rotatable bonds is 9. The van der Waals surface area contributed by atoms with Crippen molar-refractivity contribution in [2.45, 2.75) is 30.8 Å². The van der Waals surface area contributed by atoms with E-state index in [0.29, 0.717) is 5.56 Å². The minimum Gasteiger partial charge on any atom is -0.487 e. The predicted molar refractivity (Wildman–Crippen MR) is 123 cm³/mol. The van der Waals surface area contributed by atoms with E-state index in [1.165, 1.54) is 24.3 Å². The standard InChI is InChI=1S/C23H19ClF3NO7S/c1-36(32,33)20-12-18(24)21(29)28(10-9-14-5-7-15(8-6-14)22(30)31)19(20)13-34-16-3-2-4-17(11-16)35-23(25,26)27/h2-8,11-12H,9-10,13H2,1H3,(H,30,31). The molecule has 36 heavy (non-hydrogen) atoms. The third kappa shape index (κ3) is 7.01. The average Bonchev–Trinajstić information content (AvgIpc) is 2.77. The van der Waals surface area contributed by atoms with E-state index < -0.39 is 40.1 Å². The normalized spacial score (nSPS) is 11.8. The molecule has 0 saturated carbocycles. The van der Waals surface area contributed by atoms with Crippen molar-refractivity contribution in [3.05, 3.63) is 86.8 Å². The summed E-state index contributed by atoms with van der Waals surface area (Å²) in [4.78, 5) is 23.6. The van der Waals surface area contributed by atoms with Crippen LogP contribution in [-0.2, 0) is 29.4 Å². The number of aryl methyl sites for hydroxylation is 1. The summed E-state index contributed by atoms with van der Waals surface area (Å²) >= 11 is 6.01. The number of hydrogen-bond acceptors (Lipinski definition) is 6. The molecule has 0 atom stereocenters. The second-order valence-corrected chi connectivity index (χ2v) is 9.99. The summed E-state index contributed by atoms with van der Waals surface area (Å²) in [7, 11) is -3.89. The summed E-state index contributed by atoms with van der Waals surface area (Å²) in [5, 5.41) is 8.68. The molecular formula is C23H19ClF3NO7S. The molecule has 0 unspecified atom stereocenters. The number of benzene rings is 2. The molecule has 1 heterocycles. The average molecular weight is 546 g/mol. The molecule has 3 rings (SSSR count). The fourth-order valence-electron chi connectivity index (χ4n) is 3.32. The molecule has 0 radical (unpaired) electrons. The minimum atomic E-state index is -4.92. The molecule has 8 nitrogen and oxygen atoms in total. The second-order valence-electron chi connectivity index (χ2n) is 7.60. The zero-order valence-corrected chi connectivity index (χ0v) is 20.2. The predicted octanol–water partition coefficient (Wildman–Crippen LogP) is 4.32. The molecule has 0 aliphatic carbocycles. The number of carbonyl (C=O) groups is 1. The van der Waals surface area contributed by atoms with Crippen molar-refractivity contribution in [2.24, 2.45) is 0 Å². The highest BCUT2D eigenvalue weighted by Gasteiger charge is 2.31. The van der Waals surface area contributed by atoms with Crippen LogP contribution in [0, 0.1) is 0 Å². The van der Waals surface area contributed by atoms with Gasteiger partial charge in [-0.2, -0.15) is 0 Å². The molecular weight excluding hydrogens is 527 g/mol. The largest absolute Gasteiger partial charge is 0.573 e. The zero-order valence-electron chi connectivity index (χ0n) is 18.6. The number of sulfone groups is 1. The van der Waals surface area contributed by atoms with Gasteiger partial charge in [-0.1, -0.05) is 29.8 Å². The first kappa shape index (κ1) is 27.1. The smallest absolute Gasteiger partial charge is 0.487 e. The van der Waals surface area contributed by atoms with Crippen LogP contribution in [0.15, 0.2) is 64.3 Å². The topological polar surface area (TPSA) is 112 Å². The molecule has 0 saturated heterocycles. The fourth-order valence-corrected chi connectivity index (χ4v) is 4.52. The maximum Gasteiger partial charge on any atom is 0.573 e. The Hall–Kier alpha value is -3.51. The number of alkyl halides is 3. The van der Waals surface area contributed by atoms with Gasteiger partial charge in [-0.25, -0.2) is 13.2 Å². The van der Waals surface area contributed by atoms with E-state index in [1.54, 1.807) is 12.1 Å². The molecule has 2 aromatic carbocycles. The van der Waals surface area contributed by atoms with Gasteiger partial charge in [0, 0.05) is 18.9 Å². The van der Waals surface area contributed by atoms with E-state index in [9.17, 15) is 31.2 Å². The van der Waals surface area contributed by atoms with E-state index in [-0.39, 0.29) is 39.9 Å². The first-order valence-corrected chi connectivity index (χ1v) is 12.4. The van der Waals surface area contributed by atoms with Gasteiger partial charge in [-0.3, -0.25) is 4.79 Å². The van der Waals surface area contributed by atoms with Crippen LogP contribution in [0.3, 0.4) is 0 Å². The van der Waals surface area contributed by atoms with Gasteiger partial charge in [0.25, 0.3) is 5.56 Å². The summed E-state index contributed by atoms with van der Waals surface area (Å²) in [6.07, 6.45) is -3.79. The van der Waals surface area contributed by atoms with Gasteiger partial charge in [-0.05, 0) is 42.3 Å². The van der Waals surface area contributed by atoms with Gasteiger partial charge >= 0.3 is 12.3 Å². The number of pyridine rings is 1. The maximum absolute atomic E-state index is 12.8. The molecule has 192 valence electrons. The van der Waals surface area contributed by atoms with E-state index >= 15 is 0 Å². The van der Waals surface area contributed by atoms with Crippen molar-refractivity contribution in [3.63, 3.8) is 0 Å². The summed E-state index contributed by atoms with van der Waals surface area (Å²) in [6.45, 7) is -0.521. The maximum atomic E-state index is 12.8. The van der Waals surface area contributed by atoms with Gasteiger partial charge in [-0.15, -0.1) is 13.2 Å². The highest BCUT2D eigenvalue weighted by Crippen LogP contribution is 2.27. The lowest BCUT2D eigenvalue weighted by Gasteiger charge is -2.18. The third-order valence-corrected chi connectivity index (χ3v) is 6.38. The molecule has 1 N–H and O–H groups in total. The van der Waals surface area contributed by atoms with Gasteiger partial charge < -0.3 is 19.1 Å². The van der Waals surface area contributed by atoms with Gasteiger partial charge in [0.1, 0.15) is 23.1 Å². The number of nitrogens with zero attached hydrogens (tertiary/aromatic N) is 1. The lowest BCUT2D eigenvalue weighted by atomic mass is 10.1. The quantitative estimate of drug-likeness (QED) is 0.426. The first-order valence-electron chi connectivity index (χ1n) is 10.2. The number of aromatic nitrogens is 1. The highest BCUT2D eigenvalue weighted by atomic mass is 35.5. The summed E-state index contributed by atoms with van der Waals surface area (Å²) in [5.74, 6) is -1.70. The Labute approximate surface area is 208 Å². The van der Waals surface area contributed by atoms with Gasteiger partial charge in [0.15, 0.2) is 9.84 Å². The van der Waals surface area contributed by atoms with Crippen LogP contribution in [0.1, 0.15) is 21.6 Å². The monoisotopic (exact) mass is 545 g/mol. The molecule has 1 aromatic heterocycles. The Balaban J connectivity index is 1.94. The number of aromatic carboxylic acids is 1. The van der Waals surface area contributed by atoms with Crippen molar-refractivity contribution in [1.82, 2.24) is 4.57 Å². The van der Waals surface area contributed by atoms with Crippen molar-refractivity contribution in [3.8, 4) is 11.5 Å².